The fourth-order valence-electron chi connectivity index (χ4n) is 9.29. The number of amides is 3. The monoisotopic (exact) mass is 727 g/mol. The third-order valence-corrected chi connectivity index (χ3v) is 11.7. The minimum absolute atomic E-state index is 0.186. The largest absolute Gasteiger partial charge is 0.494 e. The Labute approximate surface area is 317 Å². The van der Waals surface area contributed by atoms with Crippen LogP contribution in [0.2, 0.25) is 0 Å². The first kappa shape index (κ1) is 37.1. The number of anilines is 2. The molecule has 1 N–H and O–H groups in total. The van der Waals surface area contributed by atoms with Gasteiger partial charge in [0.1, 0.15) is 17.4 Å². The van der Waals surface area contributed by atoms with Crippen molar-refractivity contribution in [3.8, 4) is 5.75 Å². The van der Waals surface area contributed by atoms with Gasteiger partial charge >= 0.3 is 0 Å². The molecule has 3 fully saturated rings. The number of ether oxygens (including phenoxy) is 2. The van der Waals surface area contributed by atoms with Crippen molar-refractivity contribution in [1.29, 1.82) is 0 Å². The zero-order valence-electron chi connectivity index (χ0n) is 31.1. The summed E-state index contributed by atoms with van der Waals surface area (Å²) in [6, 6.07) is 28.9. The van der Waals surface area contributed by atoms with E-state index >= 15 is 14.4 Å². The van der Waals surface area contributed by atoms with Crippen LogP contribution in [0.15, 0.2) is 122 Å². The molecule has 0 aromatic heterocycles. The zero-order chi connectivity index (χ0) is 38.0. The highest BCUT2D eigenvalue weighted by molar-refractivity contribution is 6.07. The van der Waals surface area contributed by atoms with E-state index in [4.69, 9.17) is 9.47 Å². The number of hydrogen-bond acceptors (Lipinski definition) is 6. The first-order valence-electron chi connectivity index (χ1n) is 19.0. The van der Waals surface area contributed by atoms with Crippen molar-refractivity contribution in [3.63, 3.8) is 0 Å². The molecule has 3 heterocycles. The van der Waals surface area contributed by atoms with Gasteiger partial charge < -0.3 is 29.3 Å². The van der Waals surface area contributed by atoms with Crippen LogP contribution in [0.5, 0.6) is 5.75 Å². The first-order chi connectivity index (χ1) is 26.2. The Bertz CT molecular complexity index is 2030. The summed E-state index contributed by atoms with van der Waals surface area (Å²) in [5.74, 6) is -2.07. The van der Waals surface area contributed by atoms with E-state index in [1.54, 1.807) is 26.9 Å². The number of benzene rings is 4. The predicted molar refractivity (Wildman–Crippen MR) is 211 cm³/mol. The fourth-order valence-corrected chi connectivity index (χ4v) is 9.29. The first-order valence-corrected chi connectivity index (χ1v) is 19.0. The lowest BCUT2D eigenvalue weighted by molar-refractivity contribution is -0.149. The van der Waals surface area contributed by atoms with E-state index in [1.165, 1.54) is 0 Å². The quantitative estimate of drug-likeness (QED) is 0.136. The Morgan fingerprint density at radius 1 is 0.889 bits per heavy atom. The predicted octanol–water partition coefficient (Wildman–Crippen LogP) is 6.74. The molecule has 280 valence electrons. The van der Waals surface area contributed by atoms with E-state index in [1.807, 2.05) is 111 Å². The second-order valence-electron chi connectivity index (χ2n) is 14.5. The molecule has 7 rings (SSSR count). The van der Waals surface area contributed by atoms with Crippen molar-refractivity contribution in [1.82, 2.24) is 4.90 Å². The van der Waals surface area contributed by atoms with Crippen molar-refractivity contribution >= 4 is 39.9 Å². The molecule has 4 aromatic carbocycles. The topological polar surface area (TPSA) is 99.6 Å². The van der Waals surface area contributed by atoms with E-state index in [-0.39, 0.29) is 37.4 Å². The van der Waals surface area contributed by atoms with Crippen LogP contribution in [-0.2, 0) is 25.5 Å². The van der Waals surface area contributed by atoms with E-state index < -0.39 is 35.1 Å². The van der Waals surface area contributed by atoms with E-state index in [2.05, 4.69) is 13.2 Å². The van der Waals surface area contributed by atoms with Gasteiger partial charge in [-0.25, -0.2) is 0 Å². The van der Waals surface area contributed by atoms with Gasteiger partial charge in [0.2, 0.25) is 11.8 Å². The van der Waals surface area contributed by atoms with E-state index in [0.29, 0.717) is 49.4 Å². The minimum Gasteiger partial charge on any atom is -0.494 e. The van der Waals surface area contributed by atoms with Gasteiger partial charge in [0, 0.05) is 24.5 Å². The highest BCUT2D eigenvalue weighted by Crippen LogP contribution is 2.65. The average molecular weight is 728 g/mol. The molecule has 0 aliphatic carbocycles. The Hall–Kier alpha value is -5.25. The zero-order valence-corrected chi connectivity index (χ0v) is 31.1. The summed E-state index contributed by atoms with van der Waals surface area (Å²) >= 11 is 0. The molecule has 0 radical (unpaired) electrons. The Kier molecular flexibility index (Phi) is 10.5. The number of aliphatic hydroxyl groups is 1. The summed E-state index contributed by atoms with van der Waals surface area (Å²) in [6.07, 6.45) is 5.07. The molecular formula is C45H49N3O6. The van der Waals surface area contributed by atoms with Crippen LogP contribution in [-0.4, -0.2) is 77.3 Å². The second kappa shape index (κ2) is 15.2. The third kappa shape index (κ3) is 6.19. The molecule has 2 bridgehead atoms. The van der Waals surface area contributed by atoms with Crippen LogP contribution in [0.3, 0.4) is 0 Å². The smallest absolute Gasteiger partial charge is 0.253 e. The molecular weight excluding hydrogens is 679 g/mol. The number of rotatable bonds is 15. The molecule has 6 atom stereocenters. The van der Waals surface area contributed by atoms with Crippen molar-refractivity contribution in [2.24, 2.45) is 11.8 Å². The van der Waals surface area contributed by atoms with Crippen LogP contribution < -0.4 is 14.5 Å². The van der Waals surface area contributed by atoms with E-state index in [9.17, 15) is 5.11 Å². The van der Waals surface area contributed by atoms with E-state index in [0.717, 1.165) is 16.3 Å². The summed E-state index contributed by atoms with van der Waals surface area (Å²) in [5, 5.41) is 13.0. The maximum absolute atomic E-state index is 15.4. The standard InChI is InChI=1S/C45H49N3O6/c1-5-26-46(34-20-22-37(23-21-34)53-8-4)41(50)38-39-42(51)48(36(30-49)28-31-14-10-9-11-15-31)40(45(39)25-24-44(38,7-3)54-45)43(52)47(27-6-2)35-19-18-32-16-12-13-17-33(32)29-35/h5-6,9-23,29,36,38-40,49H,1-2,7-8,24-28,30H2,3-4H3/t36-,38-,39+,40?,44+,45?/m1/s1. The van der Waals surface area contributed by atoms with Crippen LogP contribution in [0.4, 0.5) is 11.4 Å². The molecule has 3 aliphatic rings. The lowest BCUT2D eigenvalue weighted by Gasteiger charge is -2.39. The van der Waals surface area contributed by atoms with Crippen LogP contribution in [0.25, 0.3) is 10.8 Å². The SMILES string of the molecule is C=CCN(C(=O)C1N([C@@H](CO)Cc2ccccc2)C(=O)[C@@H]2[C@H](C(=O)N(CC=C)c3ccc(OCC)cc3)[C@]3(CC)CCC12O3)c1ccc2ccccc2c1. The number of fused-ring (bicyclic) bond motifs is 2. The molecule has 4 aromatic rings. The molecule has 9 nitrogen and oxygen atoms in total. The van der Waals surface area contributed by atoms with Crippen molar-refractivity contribution in [3.05, 3.63) is 128 Å². The molecule has 3 aliphatic heterocycles. The number of nitrogens with zero attached hydrogens (tertiary/aromatic N) is 3. The van der Waals surface area contributed by atoms with Crippen molar-refractivity contribution in [2.45, 2.75) is 62.8 Å². The normalized spacial score (nSPS) is 24.6. The lowest BCUT2D eigenvalue weighted by atomic mass is 9.64. The lowest BCUT2D eigenvalue weighted by Crippen LogP contribution is -2.59. The summed E-state index contributed by atoms with van der Waals surface area (Å²) < 4.78 is 12.8. The molecule has 0 saturated carbocycles. The van der Waals surface area contributed by atoms with Crippen LogP contribution in [0, 0.1) is 11.8 Å². The van der Waals surface area contributed by atoms with Crippen LogP contribution in [0.1, 0.15) is 38.7 Å². The number of carbonyl (C=O) groups is 3. The second-order valence-corrected chi connectivity index (χ2v) is 14.5. The molecule has 1 spiro atoms. The molecule has 2 unspecified atom stereocenters. The minimum atomic E-state index is -1.30. The van der Waals surface area contributed by atoms with Gasteiger partial charge in [-0.3, -0.25) is 14.4 Å². The maximum Gasteiger partial charge on any atom is 0.253 e. The Morgan fingerprint density at radius 3 is 2.19 bits per heavy atom. The number of carbonyl (C=O) groups excluding carboxylic acids is 3. The molecule has 9 heteroatoms. The van der Waals surface area contributed by atoms with Gasteiger partial charge in [0.25, 0.3) is 5.91 Å². The summed E-state index contributed by atoms with van der Waals surface area (Å²) in [5.41, 5.74) is -0.0471. The highest BCUT2D eigenvalue weighted by Gasteiger charge is 2.79. The molecule has 54 heavy (non-hydrogen) atoms. The fraction of sp³-hybridized carbons (Fsp3) is 0.356. The number of aliphatic hydroxyl groups excluding tert-OH is 1. The van der Waals surface area contributed by atoms with Gasteiger partial charge in [0.15, 0.2) is 0 Å². The van der Waals surface area contributed by atoms with Crippen LogP contribution >= 0.6 is 0 Å². The van der Waals surface area contributed by atoms with Crippen molar-refractivity contribution in [2.75, 3.05) is 36.1 Å². The Morgan fingerprint density at radius 2 is 1.54 bits per heavy atom. The van der Waals surface area contributed by atoms with Gasteiger partial charge in [-0.1, -0.05) is 79.7 Å². The highest BCUT2D eigenvalue weighted by atomic mass is 16.5. The molecule has 3 saturated heterocycles. The third-order valence-electron chi connectivity index (χ3n) is 11.7. The summed E-state index contributed by atoms with van der Waals surface area (Å²) in [7, 11) is 0. The summed E-state index contributed by atoms with van der Waals surface area (Å²) in [6.45, 7) is 12.4. The van der Waals surface area contributed by atoms with Gasteiger partial charge in [-0.2, -0.15) is 0 Å². The number of hydrogen-bond donors (Lipinski definition) is 1. The summed E-state index contributed by atoms with van der Waals surface area (Å²) in [4.78, 5) is 50.8. The number of likely N-dealkylation sites (tertiary alicyclic amines) is 1. The van der Waals surface area contributed by atoms with Gasteiger partial charge in [-0.15, -0.1) is 13.2 Å². The Balaban J connectivity index is 1.35. The maximum atomic E-state index is 15.4. The van der Waals surface area contributed by atoms with Gasteiger partial charge in [-0.05, 0) is 85.3 Å². The van der Waals surface area contributed by atoms with Gasteiger partial charge in [0.05, 0.1) is 36.7 Å². The average Bonchev–Trinajstić information content (AvgIpc) is 3.81. The molecule has 3 amide bonds. The van der Waals surface area contributed by atoms with Crippen molar-refractivity contribution < 1.29 is 29.0 Å².